The van der Waals surface area contributed by atoms with Crippen molar-refractivity contribution in [3.63, 3.8) is 0 Å². The van der Waals surface area contributed by atoms with E-state index in [1.54, 1.807) is 18.2 Å². The Morgan fingerprint density at radius 3 is 2.68 bits per heavy atom. The zero-order valence-electron chi connectivity index (χ0n) is 11.8. The van der Waals surface area contributed by atoms with Gasteiger partial charge in [0.25, 0.3) is 5.91 Å². The summed E-state index contributed by atoms with van der Waals surface area (Å²) in [5, 5.41) is 10.6. The molecule has 1 saturated heterocycles. The second-order valence-corrected chi connectivity index (χ2v) is 4.84. The van der Waals surface area contributed by atoms with E-state index >= 15 is 0 Å². The van der Waals surface area contributed by atoms with Gasteiger partial charge in [-0.2, -0.15) is 0 Å². The Kier molecular flexibility index (Phi) is 4.24. The first-order chi connectivity index (χ1) is 10.7. The number of nitrogens with zero attached hydrogens (tertiary/aromatic N) is 3. The van der Waals surface area contributed by atoms with Gasteiger partial charge in [0.2, 0.25) is 0 Å². The van der Waals surface area contributed by atoms with E-state index in [4.69, 9.17) is 4.74 Å². The molecule has 1 aliphatic heterocycles. The van der Waals surface area contributed by atoms with E-state index in [0.29, 0.717) is 24.7 Å². The summed E-state index contributed by atoms with van der Waals surface area (Å²) in [6, 6.07) is 9.04. The Morgan fingerprint density at radius 2 is 2.00 bits per heavy atom. The van der Waals surface area contributed by atoms with Crippen molar-refractivity contribution in [3.8, 4) is 0 Å². The summed E-state index contributed by atoms with van der Waals surface area (Å²) in [6.45, 7) is 2.82. The maximum absolute atomic E-state index is 13.1. The van der Waals surface area contributed by atoms with E-state index < -0.39 is 11.7 Å². The van der Waals surface area contributed by atoms with Gasteiger partial charge in [-0.1, -0.05) is 6.07 Å². The third kappa shape index (κ3) is 3.37. The number of hydrogen-bond acceptors (Lipinski definition) is 5. The van der Waals surface area contributed by atoms with Gasteiger partial charge < -0.3 is 15.0 Å². The van der Waals surface area contributed by atoms with Crippen LogP contribution in [0.1, 0.15) is 10.5 Å². The van der Waals surface area contributed by atoms with Crippen LogP contribution in [-0.4, -0.2) is 42.4 Å². The third-order valence-corrected chi connectivity index (χ3v) is 3.30. The van der Waals surface area contributed by atoms with Gasteiger partial charge in [0.1, 0.15) is 5.82 Å². The van der Waals surface area contributed by atoms with E-state index in [9.17, 15) is 9.18 Å². The number of ether oxygens (including phenoxy) is 1. The van der Waals surface area contributed by atoms with E-state index in [-0.39, 0.29) is 5.69 Å². The fourth-order valence-electron chi connectivity index (χ4n) is 2.17. The number of benzene rings is 1. The van der Waals surface area contributed by atoms with Crippen LogP contribution in [0, 0.1) is 5.82 Å². The maximum Gasteiger partial charge on any atom is 0.276 e. The molecule has 1 N–H and O–H groups in total. The fourth-order valence-corrected chi connectivity index (χ4v) is 2.17. The highest BCUT2D eigenvalue weighted by Gasteiger charge is 2.14. The van der Waals surface area contributed by atoms with Crippen molar-refractivity contribution in [1.82, 2.24) is 10.2 Å². The fraction of sp³-hybridized carbons (Fsp3) is 0.267. The van der Waals surface area contributed by atoms with Crippen molar-refractivity contribution < 1.29 is 13.9 Å². The number of carbonyl (C=O) groups excluding carboxylic acids is 1. The molecule has 1 aromatic heterocycles. The van der Waals surface area contributed by atoms with Gasteiger partial charge in [-0.05, 0) is 30.3 Å². The van der Waals surface area contributed by atoms with Crippen molar-refractivity contribution in [2.75, 3.05) is 36.5 Å². The molecule has 0 radical (unpaired) electrons. The summed E-state index contributed by atoms with van der Waals surface area (Å²) in [4.78, 5) is 14.1. The lowest BCUT2D eigenvalue weighted by molar-refractivity contribution is 0.102. The van der Waals surface area contributed by atoms with Gasteiger partial charge >= 0.3 is 0 Å². The number of anilines is 2. The molecule has 7 heteroatoms. The Morgan fingerprint density at radius 1 is 1.18 bits per heavy atom. The highest BCUT2D eigenvalue weighted by atomic mass is 19.1. The lowest BCUT2D eigenvalue weighted by Gasteiger charge is -2.27. The number of aromatic nitrogens is 2. The molecular weight excluding hydrogens is 287 g/mol. The minimum Gasteiger partial charge on any atom is -0.378 e. The Balaban J connectivity index is 1.68. The third-order valence-electron chi connectivity index (χ3n) is 3.30. The molecular formula is C15H15FN4O2. The number of amides is 1. The second-order valence-electron chi connectivity index (χ2n) is 4.84. The average Bonchev–Trinajstić information content (AvgIpc) is 2.56. The van der Waals surface area contributed by atoms with Crippen LogP contribution in [0.25, 0.3) is 0 Å². The summed E-state index contributed by atoms with van der Waals surface area (Å²) in [6.07, 6.45) is 0. The largest absolute Gasteiger partial charge is 0.378 e. The van der Waals surface area contributed by atoms with E-state index in [1.807, 2.05) is 4.90 Å². The molecule has 22 heavy (non-hydrogen) atoms. The van der Waals surface area contributed by atoms with Crippen molar-refractivity contribution in [2.24, 2.45) is 0 Å². The van der Waals surface area contributed by atoms with Crippen molar-refractivity contribution >= 4 is 17.4 Å². The number of morpholine rings is 1. The number of carbonyl (C=O) groups is 1. The number of halogens is 1. The Bertz CT molecular complexity index is 657. The number of nitrogens with one attached hydrogen (secondary N) is 1. The molecule has 0 spiro atoms. The van der Waals surface area contributed by atoms with Crippen LogP contribution in [0.3, 0.4) is 0 Å². The lowest BCUT2D eigenvalue weighted by atomic mass is 10.3. The average molecular weight is 302 g/mol. The predicted molar refractivity (Wildman–Crippen MR) is 79.4 cm³/mol. The second kappa shape index (κ2) is 6.48. The Labute approximate surface area is 126 Å². The first kappa shape index (κ1) is 14.4. The summed E-state index contributed by atoms with van der Waals surface area (Å²) < 4.78 is 18.4. The first-order valence-corrected chi connectivity index (χ1v) is 6.96. The molecule has 1 fully saturated rings. The van der Waals surface area contributed by atoms with Gasteiger partial charge in [-0.15, -0.1) is 10.2 Å². The zero-order chi connectivity index (χ0) is 15.4. The molecule has 2 aromatic rings. The van der Waals surface area contributed by atoms with Crippen LogP contribution < -0.4 is 10.2 Å². The van der Waals surface area contributed by atoms with Crippen molar-refractivity contribution in [3.05, 3.63) is 47.9 Å². The van der Waals surface area contributed by atoms with Crippen molar-refractivity contribution in [1.29, 1.82) is 0 Å². The number of rotatable bonds is 3. The van der Waals surface area contributed by atoms with Gasteiger partial charge in [0.05, 0.1) is 13.2 Å². The van der Waals surface area contributed by atoms with E-state index in [1.165, 1.54) is 18.2 Å². The molecule has 3 rings (SSSR count). The van der Waals surface area contributed by atoms with Gasteiger partial charge in [0, 0.05) is 18.8 Å². The minimum absolute atomic E-state index is 0.182. The van der Waals surface area contributed by atoms with Crippen LogP contribution >= 0.6 is 0 Å². The quantitative estimate of drug-likeness (QED) is 0.935. The predicted octanol–water partition coefficient (Wildman–Crippen LogP) is 1.70. The van der Waals surface area contributed by atoms with Gasteiger partial charge in [0.15, 0.2) is 11.5 Å². The van der Waals surface area contributed by atoms with Crippen molar-refractivity contribution in [2.45, 2.75) is 0 Å². The van der Waals surface area contributed by atoms with Gasteiger partial charge in [-0.3, -0.25) is 4.79 Å². The van der Waals surface area contributed by atoms with Crippen LogP contribution in [-0.2, 0) is 4.74 Å². The van der Waals surface area contributed by atoms with E-state index in [2.05, 4.69) is 15.5 Å². The topological polar surface area (TPSA) is 67.4 Å². The molecule has 2 heterocycles. The monoisotopic (exact) mass is 302 g/mol. The smallest absolute Gasteiger partial charge is 0.276 e. The first-order valence-electron chi connectivity index (χ1n) is 6.96. The Hall–Kier alpha value is -2.54. The van der Waals surface area contributed by atoms with Crippen LogP contribution in [0.5, 0.6) is 0 Å². The standard InChI is InChI=1S/C15H15FN4O2/c16-11-2-1-3-12(10-11)17-15(21)13-4-5-14(19-18-13)20-6-8-22-9-7-20/h1-5,10H,6-9H2,(H,17,21). The molecule has 1 aliphatic rings. The highest BCUT2D eigenvalue weighted by Crippen LogP contribution is 2.13. The normalized spacial score (nSPS) is 14.7. The molecule has 114 valence electrons. The summed E-state index contributed by atoms with van der Waals surface area (Å²) in [5.41, 5.74) is 0.560. The van der Waals surface area contributed by atoms with Crippen LogP contribution in [0.2, 0.25) is 0 Å². The molecule has 0 bridgehead atoms. The molecule has 0 unspecified atom stereocenters. The summed E-state index contributed by atoms with van der Waals surface area (Å²) in [5.74, 6) is -0.121. The molecule has 1 aromatic carbocycles. The molecule has 6 nitrogen and oxygen atoms in total. The highest BCUT2D eigenvalue weighted by molar-refractivity contribution is 6.02. The molecule has 0 atom stereocenters. The molecule has 0 aliphatic carbocycles. The summed E-state index contributed by atoms with van der Waals surface area (Å²) >= 11 is 0. The zero-order valence-corrected chi connectivity index (χ0v) is 11.8. The van der Waals surface area contributed by atoms with Crippen LogP contribution in [0.15, 0.2) is 36.4 Å². The SMILES string of the molecule is O=C(Nc1cccc(F)c1)c1ccc(N2CCOCC2)nn1. The maximum atomic E-state index is 13.1. The molecule has 0 saturated carbocycles. The lowest BCUT2D eigenvalue weighted by Crippen LogP contribution is -2.37. The van der Waals surface area contributed by atoms with Gasteiger partial charge in [-0.25, -0.2) is 4.39 Å². The molecule has 1 amide bonds. The van der Waals surface area contributed by atoms with Crippen LogP contribution in [0.4, 0.5) is 15.9 Å². The number of hydrogen-bond donors (Lipinski definition) is 1. The van der Waals surface area contributed by atoms with E-state index in [0.717, 1.165) is 13.1 Å². The summed E-state index contributed by atoms with van der Waals surface area (Å²) in [7, 11) is 0. The minimum atomic E-state index is -0.424.